The summed E-state index contributed by atoms with van der Waals surface area (Å²) in [4.78, 5) is 13.6. The van der Waals surface area contributed by atoms with E-state index in [0.29, 0.717) is 17.2 Å². The number of rotatable bonds is 3. The average Bonchev–Trinajstić information content (AvgIpc) is 2.21. The van der Waals surface area contributed by atoms with Gasteiger partial charge in [0.2, 0.25) is 0 Å². The smallest absolute Gasteiger partial charge is 0.346 e. The molecule has 3 nitrogen and oxygen atoms in total. The van der Waals surface area contributed by atoms with Crippen molar-refractivity contribution in [1.82, 2.24) is 0 Å². The molecule has 1 aliphatic rings. The second kappa shape index (κ2) is 5.16. The van der Waals surface area contributed by atoms with Crippen LogP contribution in [0, 0.1) is 0 Å². The Hall–Kier alpha value is -1.03. The van der Waals surface area contributed by atoms with Crippen LogP contribution in [0.25, 0.3) is 0 Å². The molecule has 0 aromatic rings. The zero-order valence-electron chi connectivity index (χ0n) is 9.37. The van der Waals surface area contributed by atoms with Crippen LogP contribution in [0.4, 0.5) is 0 Å². The second-order valence-corrected chi connectivity index (χ2v) is 5.54. The van der Waals surface area contributed by atoms with E-state index in [0.717, 1.165) is 5.75 Å². The van der Waals surface area contributed by atoms with Gasteiger partial charge in [-0.25, -0.2) is 4.79 Å². The van der Waals surface area contributed by atoms with E-state index in [1.807, 2.05) is 13.0 Å². The fourth-order valence-electron chi connectivity index (χ4n) is 1.46. The van der Waals surface area contributed by atoms with Gasteiger partial charge >= 0.3 is 5.97 Å². The van der Waals surface area contributed by atoms with Crippen LogP contribution in [0.1, 0.15) is 20.8 Å². The average molecular weight is 227 g/mol. The highest BCUT2D eigenvalue weighted by molar-refractivity contribution is 8.20. The first-order valence-electron chi connectivity index (χ1n) is 5.01. The standard InChI is InChI=1S/C11H17NO2S/c1-4-14-11(13)10-9(12)7-6-8(3)15(10)5-2/h6-7H,4-5,12H2,1-3H3. The minimum absolute atomic E-state index is 0.186. The molecule has 0 radical (unpaired) electrons. The van der Waals surface area contributed by atoms with Gasteiger partial charge in [-0.1, -0.05) is 13.0 Å². The summed E-state index contributed by atoms with van der Waals surface area (Å²) in [5, 5.41) is 0. The van der Waals surface area contributed by atoms with E-state index in [9.17, 15) is 4.79 Å². The molecule has 4 heteroatoms. The minimum Gasteiger partial charge on any atom is -0.462 e. The van der Waals surface area contributed by atoms with Gasteiger partial charge in [-0.2, -0.15) is 0 Å². The monoisotopic (exact) mass is 227 g/mol. The molecule has 2 N–H and O–H groups in total. The normalized spacial score (nSPS) is 20.7. The third-order valence-electron chi connectivity index (χ3n) is 2.14. The first-order valence-corrected chi connectivity index (χ1v) is 6.40. The summed E-state index contributed by atoms with van der Waals surface area (Å²) in [5.41, 5.74) is 6.37. The molecule has 1 unspecified atom stereocenters. The van der Waals surface area contributed by atoms with Gasteiger partial charge in [0.05, 0.1) is 12.3 Å². The van der Waals surface area contributed by atoms with Gasteiger partial charge in [0, 0.05) is 0 Å². The molecule has 0 spiro atoms. The Morgan fingerprint density at radius 2 is 2.13 bits per heavy atom. The molecule has 0 amide bonds. The van der Waals surface area contributed by atoms with Crippen LogP contribution in [0.15, 0.2) is 22.8 Å². The molecule has 0 aromatic carbocycles. The van der Waals surface area contributed by atoms with Crippen LogP contribution >= 0.6 is 10.5 Å². The summed E-state index contributed by atoms with van der Waals surface area (Å²) in [6, 6.07) is 0. The van der Waals surface area contributed by atoms with E-state index in [4.69, 9.17) is 10.5 Å². The third-order valence-corrected chi connectivity index (χ3v) is 4.53. The molecule has 15 heavy (non-hydrogen) atoms. The highest BCUT2D eigenvalue weighted by Crippen LogP contribution is 2.31. The van der Waals surface area contributed by atoms with Gasteiger partial charge < -0.3 is 10.5 Å². The van der Waals surface area contributed by atoms with Gasteiger partial charge in [0.25, 0.3) is 0 Å². The molecular weight excluding hydrogens is 210 g/mol. The molecule has 1 heterocycles. The van der Waals surface area contributed by atoms with E-state index in [-0.39, 0.29) is 16.5 Å². The number of esters is 1. The predicted octanol–water partition coefficient (Wildman–Crippen LogP) is 1.77. The van der Waals surface area contributed by atoms with Gasteiger partial charge in [0.15, 0.2) is 0 Å². The SMILES string of the molecule is CCOC(=O)C1=S(CC)C(C)=CC=C1N. The van der Waals surface area contributed by atoms with E-state index >= 15 is 0 Å². The number of carbonyl (C=O) groups is 1. The molecule has 0 aliphatic carbocycles. The van der Waals surface area contributed by atoms with Gasteiger partial charge in [-0.3, -0.25) is 0 Å². The zero-order valence-corrected chi connectivity index (χ0v) is 10.2. The fourth-order valence-corrected chi connectivity index (χ4v) is 3.37. The minimum atomic E-state index is -0.274. The lowest BCUT2D eigenvalue weighted by Gasteiger charge is -2.18. The molecule has 0 aromatic heterocycles. The summed E-state index contributed by atoms with van der Waals surface area (Å²) >= 11 is 0. The summed E-state index contributed by atoms with van der Waals surface area (Å²) in [6.45, 7) is 6.26. The lowest BCUT2D eigenvalue weighted by molar-refractivity contribution is -0.134. The molecule has 84 valence electrons. The Morgan fingerprint density at radius 3 is 2.67 bits per heavy atom. The number of hydrogen-bond acceptors (Lipinski definition) is 3. The highest BCUT2D eigenvalue weighted by Gasteiger charge is 2.20. The lowest BCUT2D eigenvalue weighted by Crippen LogP contribution is -2.25. The Kier molecular flexibility index (Phi) is 4.15. The van der Waals surface area contributed by atoms with Crippen molar-refractivity contribution in [3.8, 4) is 0 Å². The van der Waals surface area contributed by atoms with Gasteiger partial charge in [-0.05, 0) is 30.6 Å². The fraction of sp³-hybridized carbons (Fsp3) is 0.455. The van der Waals surface area contributed by atoms with Crippen molar-refractivity contribution in [1.29, 1.82) is 0 Å². The lowest BCUT2D eigenvalue weighted by atomic mass is 10.3. The summed E-state index contributed by atoms with van der Waals surface area (Å²) < 4.78 is 5.02. The Bertz CT molecular complexity index is 367. The van der Waals surface area contributed by atoms with Crippen LogP contribution in [-0.4, -0.2) is 23.2 Å². The molecule has 1 rings (SSSR count). The zero-order chi connectivity index (χ0) is 11.4. The van der Waals surface area contributed by atoms with Crippen molar-refractivity contribution in [2.45, 2.75) is 20.8 Å². The maximum atomic E-state index is 11.7. The first kappa shape index (κ1) is 12.0. The Morgan fingerprint density at radius 1 is 1.47 bits per heavy atom. The van der Waals surface area contributed by atoms with Crippen molar-refractivity contribution >= 4 is 21.3 Å². The summed E-state index contributed by atoms with van der Waals surface area (Å²) in [6.07, 6.45) is 3.76. The molecule has 0 saturated heterocycles. The van der Waals surface area contributed by atoms with E-state index < -0.39 is 0 Å². The molecule has 0 bridgehead atoms. The number of carbonyl (C=O) groups excluding carboxylic acids is 1. The molecule has 0 saturated carbocycles. The topological polar surface area (TPSA) is 52.3 Å². The Labute approximate surface area is 92.9 Å². The van der Waals surface area contributed by atoms with Crippen molar-refractivity contribution in [2.24, 2.45) is 5.73 Å². The van der Waals surface area contributed by atoms with E-state index in [1.165, 1.54) is 4.91 Å². The number of nitrogens with two attached hydrogens (primary N) is 1. The Balaban J connectivity index is 3.15. The van der Waals surface area contributed by atoms with Crippen LogP contribution in [-0.2, 0) is 9.53 Å². The van der Waals surface area contributed by atoms with Gasteiger partial charge in [-0.15, -0.1) is 10.5 Å². The molecule has 0 fully saturated rings. The maximum Gasteiger partial charge on any atom is 0.346 e. The second-order valence-electron chi connectivity index (χ2n) is 3.13. The summed E-state index contributed by atoms with van der Waals surface area (Å²) in [5.74, 6) is 0.620. The van der Waals surface area contributed by atoms with Crippen molar-refractivity contribution in [3.63, 3.8) is 0 Å². The third kappa shape index (κ3) is 2.50. The maximum absolute atomic E-state index is 11.7. The first-order chi connectivity index (χ1) is 7.11. The van der Waals surface area contributed by atoms with E-state index in [2.05, 4.69) is 6.92 Å². The number of hydrogen-bond donors (Lipinski definition) is 1. The van der Waals surface area contributed by atoms with E-state index in [1.54, 1.807) is 13.0 Å². The molecule has 1 atom stereocenters. The van der Waals surface area contributed by atoms with Crippen molar-refractivity contribution in [3.05, 3.63) is 22.8 Å². The van der Waals surface area contributed by atoms with Crippen molar-refractivity contribution in [2.75, 3.05) is 12.4 Å². The molecular formula is C11H17NO2S. The van der Waals surface area contributed by atoms with Crippen LogP contribution in [0.3, 0.4) is 0 Å². The van der Waals surface area contributed by atoms with Gasteiger partial charge in [0.1, 0.15) is 4.86 Å². The molecule has 1 aliphatic heterocycles. The van der Waals surface area contributed by atoms with Crippen molar-refractivity contribution < 1.29 is 9.53 Å². The predicted molar refractivity (Wildman–Crippen MR) is 65.8 cm³/mol. The largest absolute Gasteiger partial charge is 0.462 e. The number of allylic oxidation sites excluding steroid dienone is 3. The summed E-state index contributed by atoms with van der Waals surface area (Å²) in [7, 11) is -0.186. The van der Waals surface area contributed by atoms with Crippen LogP contribution < -0.4 is 5.73 Å². The quantitative estimate of drug-likeness (QED) is 0.590. The van der Waals surface area contributed by atoms with Crippen LogP contribution in [0.2, 0.25) is 0 Å². The highest BCUT2D eigenvalue weighted by atomic mass is 32.2. The van der Waals surface area contributed by atoms with Crippen LogP contribution in [0.5, 0.6) is 0 Å². The number of ether oxygens (including phenoxy) is 1.